The molecule has 2 heterocycles. The van der Waals surface area contributed by atoms with Gasteiger partial charge in [0, 0.05) is 37.2 Å². The van der Waals surface area contributed by atoms with E-state index in [1.54, 1.807) is 19.2 Å². The van der Waals surface area contributed by atoms with Gasteiger partial charge in [-0.3, -0.25) is 9.69 Å². The average molecular weight is 433 g/mol. The van der Waals surface area contributed by atoms with Crippen LogP contribution in [0.3, 0.4) is 0 Å². The summed E-state index contributed by atoms with van der Waals surface area (Å²) in [6, 6.07) is 15.8. The lowest BCUT2D eigenvalue weighted by Crippen LogP contribution is -2.39. The first-order valence-corrected chi connectivity index (χ1v) is 11.7. The second-order valence-electron chi connectivity index (χ2n) is 9.52. The third-order valence-corrected chi connectivity index (χ3v) is 7.67. The number of rotatable bonds is 5. The molecule has 1 atom stereocenters. The Morgan fingerprint density at radius 2 is 1.91 bits per heavy atom. The lowest BCUT2D eigenvalue weighted by atomic mass is 9.90. The normalized spacial score (nSPS) is 22.5. The van der Waals surface area contributed by atoms with Gasteiger partial charge in [-0.15, -0.1) is 0 Å². The molecule has 2 aromatic rings. The molecule has 5 nitrogen and oxygen atoms in total. The Balaban J connectivity index is 1.14. The van der Waals surface area contributed by atoms with Gasteiger partial charge in [0.05, 0.1) is 7.11 Å². The first-order chi connectivity index (χ1) is 15.6. The fourth-order valence-corrected chi connectivity index (χ4v) is 5.51. The molecule has 1 amide bonds. The Kier molecular flexibility index (Phi) is 5.68. The summed E-state index contributed by atoms with van der Waals surface area (Å²) < 4.78 is 5.43. The molecule has 5 heteroatoms. The Morgan fingerprint density at radius 3 is 2.59 bits per heavy atom. The number of nitrogens with zero attached hydrogens (tertiary/aromatic N) is 2. The number of phenols is 1. The van der Waals surface area contributed by atoms with Crippen molar-refractivity contribution in [3.63, 3.8) is 0 Å². The molecule has 0 radical (unpaired) electrons. The Bertz CT molecular complexity index is 1010. The lowest BCUT2D eigenvalue weighted by Gasteiger charge is -2.34. The molecule has 0 unspecified atom stereocenters. The van der Waals surface area contributed by atoms with Crippen molar-refractivity contribution in [1.82, 2.24) is 9.80 Å². The van der Waals surface area contributed by atoms with Crippen LogP contribution in [0.25, 0.3) is 5.57 Å². The summed E-state index contributed by atoms with van der Waals surface area (Å²) in [5.41, 5.74) is 3.95. The number of carbonyl (C=O) groups excluding carboxylic acids is 1. The summed E-state index contributed by atoms with van der Waals surface area (Å²) >= 11 is 0. The fraction of sp³-hybridized carbons (Fsp3) is 0.444. The predicted molar refractivity (Wildman–Crippen MR) is 125 cm³/mol. The minimum atomic E-state index is 0.208. The van der Waals surface area contributed by atoms with Crippen LogP contribution in [0.2, 0.25) is 0 Å². The molecule has 1 N–H and O–H groups in total. The van der Waals surface area contributed by atoms with Gasteiger partial charge in [0.2, 0.25) is 5.91 Å². The SMILES string of the molecule is COc1cc(O)ccc1CN1CCC2(CC1)C[C@H]2C(=O)N1CC=C(c2ccccc2)CC1. The van der Waals surface area contributed by atoms with E-state index in [2.05, 4.69) is 40.1 Å². The van der Waals surface area contributed by atoms with Gasteiger partial charge >= 0.3 is 0 Å². The molecule has 0 aromatic heterocycles. The highest BCUT2D eigenvalue weighted by Crippen LogP contribution is 2.60. The molecule has 168 valence electrons. The zero-order chi connectivity index (χ0) is 22.1. The second kappa shape index (κ2) is 8.62. The zero-order valence-electron chi connectivity index (χ0n) is 18.8. The van der Waals surface area contributed by atoms with Crippen LogP contribution in [0, 0.1) is 11.3 Å². The lowest BCUT2D eigenvalue weighted by molar-refractivity contribution is -0.133. The van der Waals surface area contributed by atoms with Crippen LogP contribution < -0.4 is 4.74 Å². The largest absolute Gasteiger partial charge is 0.508 e. The van der Waals surface area contributed by atoms with Crippen LogP contribution in [0.4, 0.5) is 0 Å². The molecule has 0 bridgehead atoms. The maximum Gasteiger partial charge on any atom is 0.226 e. The van der Waals surface area contributed by atoms with Crippen LogP contribution in [-0.2, 0) is 11.3 Å². The molecule has 1 aliphatic carbocycles. The second-order valence-corrected chi connectivity index (χ2v) is 9.52. The number of benzene rings is 2. The number of likely N-dealkylation sites (tertiary alicyclic amines) is 1. The number of piperidine rings is 1. The summed E-state index contributed by atoms with van der Waals surface area (Å²) in [7, 11) is 1.64. The van der Waals surface area contributed by atoms with Gasteiger partial charge in [-0.1, -0.05) is 42.5 Å². The first-order valence-electron chi connectivity index (χ1n) is 11.7. The maximum absolute atomic E-state index is 13.2. The van der Waals surface area contributed by atoms with Crippen LogP contribution in [0.5, 0.6) is 11.5 Å². The Morgan fingerprint density at radius 1 is 1.12 bits per heavy atom. The summed E-state index contributed by atoms with van der Waals surface area (Å²) in [5, 5.41) is 9.68. The number of phenolic OH excluding ortho intramolecular Hbond substituents is 1. The quantitative estimate of drug-likeness (QED) is 0.765. The highest BCUT2D eigenvalue weighted by Gasteiger charge is 2.59. The highest BCUT2D eigenvalue weighted by molar-refractivity contribution is 5.84. The first kappa shape index (κ1) is 21.1. The van der Waals surface area contributed by atoms with Crippen molar-refractivity contribution in [2.75, 3.05) is 33.3 Å². The minimum absolute atomic E-state index is 0.208. The zero-order valence-corrected chi connectivity index (χ0v) is 18.8. The van der Waals surface area contributed by atoms with Crippen molar-refractivity contribution in [2.24, 2.45) is 11.3 Å². The number of methoxy groups -OCH3 is 1. The Labute approximate surface area is 190 Å². The third-order valence-electron chi connectivity index (χ3n) is 7.67. The van der Waals surface area contributed by atoms with Crippen molar-refractivity contribution in [3.8, 4) is 11.5 Å². The van der Waals surface area contributed by atoms with E-state index < -0.39 is 0 Å². The number of hydrogen-bond donors (Lipinski definition) is 1. The van der Waals surface area contributed by atoms with Crippen LogP contribution >= 0.6 is 0 Å². The Hall–Kier alpha value is -2.79. The van der Waals surface area contributed by atoms with Crippen LogP contribution in [0.1, 0.15) is 36.8 Å². The van der Waals surface area contributed by atoms with Gasteiger partial charge in [-0.25, -0.2) is 0 Å². The van der Waals surface area contributed by atoms with E-state index in [-0.39, 0.29) is 17.1 Å². The number of carbonyl (C=O) groups is 1. The summed E-state index contributed by atoms with van der Waals surface area (Å²) in [6.07, 6.45) is 6.40. The standard InChI is InChI=1S/C27H32N2O3/c1-32-25-17-23(30)8-7-22(25)19-28-15-11-27(12-16-28)18-24(27)26(31)29-13-9-21(10-14-29)20-5-3-2-4-6-20/h2-9,17,24,30H,10-16,18-19H2,1H3/t24-/m0/s1. The van der Waals surface area contributed by atoms with Gasteiger partial charge in [0.1, 0.15) is 11.5 Å². The van der Waals surface area contributed by atoms with Crippen molar-refractivity contribution < 1.29 is 14.6 Å². The fourth-order valence-electron chi connectivity index (χ4n) is 5.51. The molecule has 1 spiro atoms. The topological polar surface area (TPSA) is 53.0 Å². The number of aromatic hydroxyl groups is 1. The molecule has 2 aromatic carbocycles. The van der Waals surface area contributed by atoms with E-state index in [9.17, 15) is 9.90 Å². The molecular weight excluding hydrogens is 400 g/mol. The minimum Gasteiger partial charge on any atom is -0.508 e. The van der Waals surface area contributed by atoms with Crippen molar-refractivity contribution >= 4 is 11.5 Å². The highest BCUT2D eigenvalue weighted by atomic mass is 16.5. The number of ether oxygens (including phenoxy) is 1. The molecule has 2 fully saturated rings. The average Bonchev–Trinajstić information content (AvgIpc) is 3.55. The monoisotopic (exact) mass is 432 g/mol. The van der Waals surface area contributed by atoms with Crippen molar-refractivity contribution in [3.05, 3.63) is 65.7 Å². The van der Waals surface area contributed by atoms with E-state index in [1.807, 2.05) is 12.1 Å². The van der Waals surface area contributed by atoms with E-state index in [0.717, 1.165) is 69.7 Å². The van der Waals surface area contributed by atoms with E-state index in [1.165, 1.54) is 11.1 Å². The van der Waals surface area contributed by atoms with E-state index >= 15 is 0 Å². The maximum atomic E-state index is 13.2. The smallest absolute Gasteiger partial charge is 0.226 e. The van der Waals surface area contributed by atoms with Gasteiger partial charge in [-0.05, 0) is 61.4 Å². The molecule has 5 rings (SSSR count). The van der Waals surface area contributed by atoms with E-state index in [4.69, 9.17) is 4.74 Å². The molecule has 3 aliphatic rings. The summed E-state index contributed by atoms with van der Waals surface area (Å²) in [4.78, 5) is 17.7. The third kappa shape index (κ3) is 4.14. The molecule has 32 heavy (non-hydrogen) atoms. The molecule has 2 aliphatic heterocycles. The summed E-state index contributed by atoms with van der Waals surface area (Å²) in [5.74, 6) is 1.53. The van der Waals surface area contributed by atoms with Crippen molar-refractivity contribution in [2.45, 2.75) is 32.2 Å². The van der Waals surface area contributed by atoms with Crippen LogP contribution in [0.15, 0.2) is 54.6 Å². The van der Waals surface area contributed by atoms with Crippen molar-refractivity contribution in [1.29, 1.82) is 0 Å². The number of hydrogen-bond acceptors (Lipinski definition) is 4. The molecular formula is C27H32N2O3. The van der Waals surface area contributed by atoms with Gasteiger partial charge < -0.3 is 14.7 Å². The van der Waals surface area contributed by atoms with Gasteiger partial charge in [0.15, 0.2) is 0 Å². The summed E-state index contributed by atoms with van der Waals surface area (Å²) in [6.45, 7) is 4.40. The molecule has 1 saturated carbocycles. The van der Waals surface area contributed by atoms with E-state index in [0.29, 0.717) is 5.91 Å². The van der Waals surface area contributed by atoms with Crippen LogP contribution in [-0.4, -0.2) is 54.1 Å². The van der Waals surface area contributed by atoms with Gasteiger partial charge in [0.25, 0.3) is 0 Å². The molecule has 1 saturated heterocycles. The van der Waals surface area contributed by atoms with Gasteiger partial charge in [-0.2, -0.15) is 0 Å². The predicted octanol–water partition coefficient (Wildman–Crippen LogP) is 4.32. The number of amides is 1.